The second kappa shape index (κ2) is 15.5. The minimum Gasteiger partial charge on any atom is -0.255 e. The highest BCUT2D eigenvalue weighted by molar-refractivity contribution is 6.09. The quantitative estimate of drug-likeness (QED) is 0.157. The first-order valence-electron chi connectivity index (χ1n) is 22.5. The topological polar surface area (TPSA) is 38.7 Å². The lowest BCUT2D eigenvalue weighted by Gasteiger charge is -2.18. The lowest BCUT2D eigenvalue weighted by atomic mass is 9.86. The first-order valence-corrected chi connectivity index (χ1v) is 22.5. The molecule has 0 radical (unpaired) electrons. The highest BCUT2D eigenvalue weighted by Gasteiger charge is 2.18. The molecular formula is C63H39N3. The standard InChI is InChI=1S/C63H39N3/c1-4-22-58-40(13-1)25-28-43-31-49(37-64-61(43)58)55-19-10-7-16-52(55)46-34-47(53-17-8-11-20-56(53)50-32-44-29-26-41-14-2-5-23-59(41)62(44)65-38-50)36-48(35-46)54-18-9-12-21-57(54)51-33-45-30-27-42-15-3-6-24-60(42)63(45)66-39-51/h1-39H. The largest absolute Gasteiger partial charge is 0.255 e. The number of benzene rings is 10. The molecule has 3 heteroatoms. The molecule has 66 heavy (non-hydrogen) atoms. The Labute approximate surface area is 382 Å². The lowest BCUT2D eigenvalue weighted by Crippen LogP contribution is -1.93. The Morgan fingerprint density at radius 1 is 0.197 bits per heavy atom. The van der Waals surface area contributed by atoms with Crippen LogP contribution >= 0.6 is 0 Å². The van der Waals surface area contributed by atoms with Gasteiger partial charge in [0.1, 0.15) is 0 Å². The van der Waals surface area contributed by atoms with E-state index >= 15 is 0 Å². The molecule has 3 heterocycles. The smallest absolute Gasteiger partial charge is 0.0780 e. The number of fused-ring (bicyclic) bond motifs is 9. The van der Waals surface area contributed by atoms with Gasteiger partial charge in [-0.15, -0.1) is 0 Å². The van der Waals surface area contributed by atoms with Gasteiger partial charge in [-0.25, -0.2) is 0 Å². The SMILES string of the molecule is c1ccc(-c2cnc3c(ccc4ccccc43)c2)c(-c2cc(-c3ccccc3-c3cnc4c(ccc5ccccc54)c3)cc(-c3ccccc3-c3cnc4c(ccc5ccccc54)c3)c2)c1. The van der Waals surface area contributed by atoms with E-state index in [-0.39, 0.29) is 0 Å². The predicted octanol–water partition coefficient (Wildman–Crippen LogP) is 16.8. The number of nitrogens with zero attached hydrogens (tertiary/aromatic N) is 3. The fourth-order valence-electron chi connectivity index (χ4n) is 10.1. The van der Waals surface area contributed by atoms with Gasteiger partial charge in [-0.3, -0.25) is 15.0 Å². The molecule has 306 valence electrons. The monoisotopic (exact) mass is 837 g/mol. The Morgan fingerprint density at radius 3 is 0.742 bits per heavy atom. The zero-order chi connectivity index (χ0) is 43.6. The van der Waals surface area contributed by atoms with Crippen LogP contribution in [0.2, 0.25) is 0 Å². The van der Waals surface area contributed by atoms with Crippen molar-refractivity contribution in [2.45, 2.75) is 0 Å². The summed E-state index contributed by atoms with van der Waals surface area (Å²) in [5.74, 6) is 0. The van der Waals surface area contributed by atoms with E-state index in [1.54, 1.807) is 0 Å². The molecule has 3 nitrogen and oxygen atoms in total. The van der Waals surface area contributed by atoms with Crippen LogP contribution in [-0.2, 0) is 0 Å². The van der Waals surface area contributed by atoms with E-state index in [1.807, 2.05) is 18.6 Å². The van der Waals surface area contributed by atoms with Crippen molar-refractivity contribution in [1.82, 2.24) is 15.0 Å². The molecule has 0 N–H and O–H groups in total. The van der Waals surface area contributed by atoms with Crippen molar-refractivity contribution < 1.29 is 0 Å². The normalized spacial score (nSPS) is 11.6. The number of hydrogen-bond acceptors (Lipinski definition) is 3. The van der Waals surface area contributed by atoms with Gasteiger partial charge < -0.3 is 0 Å². The van der Waals surface area contributed by atoms with Gasteiger partial charge in [-0.1, -0.05) is 182 Å². The number of pyridine rings is 3. The second-order valence-electron chi connectivity index (χ2n) is 17.2. The Kier molecular flexibility index (Phi) is 8.85. The first kappa shape index (κ1) is 37.7. The predicted molar refractivity (Wildman–Crippen MR) is 277 cm³/mol. The van der Waals surface area contributed by atoms with E-state index < -0.39 is 0 Å². The van der Waals surface area contributed by atoms with E-state index in [1.165, 1.54) is 16.2 Å². The number of hydrogen-bond donors (Lipinski definition) is 0. The van der Waals surface area contributed by atoms with Crippen LogP contribution < -0.4 is 0 Å². The summed E-state index contributed by atoms with van der Waals surface area (Å²) in [6, 6.07) is 78.8. The third-order valence-electron chi connectivity index (χ3n) is 13.3. The zero-order valence-corrected chi connectivity index (χ0v) is 35.9. The van der Waals surface area contributed by atoms with Crippen LogP contribution in [0.25, 0.3) is 132 Å². The Morgan fingerprint density at radius 2 is 0.439 bits per heavy atom. The Hall–Kier alpha value is -8.79. The summed E-state index contributed by atoms with van der Waals surface area (Å²) in [6.07, 6.45) is 6.11. The molecule has 0 fully saturated rings. The molecule has 0 spiro atoms. The third kappa shape index (κ3) is 6.40. The van der Waals surface area contributed by atoms with Crippen LogP contribution in [0.4, 0.5) is 0 Å². The maximum Gasteiger partial charge on any atom is 0.0780 e. The van der Waals surface area contributed by atoms with Gasteiger partial charge in [0.05, 0.1) is 16.6 Å². The molecule has 0 atom stereocenters. The van der Waals surface area contributed by atoms with Gasteiger partial charge in [-0.05, 0) is 103 Å². The van der Waals surface area contributed by atoms with E-state index in [2.05, 4.69) is 218 Å². The summed E-state index contributed by atoms with van der Waals surface area (Å²) in [5, 5.41) is 10.4. The van der Waals surface area contributed by atoms with Gasteiger partial charge in [0, 0.05) is 67.6 Å². The molecule has 0 aliphatic carbocycles. The molecule has 0 unspecified atom stereocenters. The molecule has 0 aliphatic rings. The fraction of sp³-hybridized carbons (Fsp3) is 0. The summed E-state index contributed by atoms with van der Waals surface area (Å²) < 4.78 is 0. The lowest BCUT2D eigenvalue weighted by molar-refractivity contribution is 1.42. The summed E-state index contributed by atoms with van der Waals surface area (Å²) in [5.41, 5.74) is 16.4. The van der Waals surface area contributed by atoms with Crippen LogP contribution in [0.5, 0.6) is 0 Å². The highest BCUT2D eigenvalue weighted by Crippen LogP contribution is 2.43. The molecule has 0 saturated heterocycles. The maximum absolute atomic E-state index is 5.11. The molecule has 13 aromatic rings. The minimum absolute atomic E-state index is 1.01. The summed E-state index contributed by atoms with van der Waals surface area (Å²) in [7, 11) is 0. The minimum atomic E-state index is 1.01. The van der Waals surface area contributed by atoms with Crippen LogP contribution in [0.15, 0.2) is 237 Å². The molecule has 0 amide bonds. The van der Waals surface area contributed by atoms with Gasteiger partial charge in [-0.2, -0.15) is 0 Å². The van der Waals surface area contributed by atoms with E-state index in [9.17, 15) is 0 Å². The highest BCUT2D eigenvalue weighted by atomic mass is 14.7. The first-order chi connectivity index (χ1) is 32.7. The molecule has 0 bridgehead atoms. The number of rotatable bonds is 6. The molecule has 0 saturated carbocycles. The molecule has 3 aromatic heterocycles. The van der Waals surface area contributed by atoms with Crippen molar-refractivity contribution in [1.29, 1.82) is 0 Å². The van der Waals surface area contributed by atoms with Crippen molar-refractivity contribution in [2.24, 2.45) is 0 Å². The van der Waals surface area contributed by atoms with Gasteiger partial charge >= 0.3 is 0 Å². The van der Waals surface area contributed by atoms with E-state index in [4.69, 9.17) is 15.0 Å². The maximum atomic E-state index is 5.11. The van der Waals surface area contributed by atoms with E-state index in [0.717, 1.165) is 116 Å². The van der Waals surface area contributed by atoms with Crippen molar-refractivity contribution in [2.75, 3.05) is 0 Å². The summed E-state index contributed by atoms with van der Waals surface area (Å²) in [4.78, 5) is 15.3. The molecule has 10 aromatic carbocycles. The summed E-state index contributed by atoms with van der Waals surface area (Å²) in [6.45, 7) is 0. The zero-order valence-electron chi connectivity index (χ0n) is 35.9. The van der Waals surface area contributed by atoms with Crippen molar-refractivity contribution in [3.05, 3.63) is 237 Å². The average molecular weight is 838 g/mol. The molecule has 0 aliphatic heterocycles. The van der Waals surface area contributed by atoms with Crippen molar-refractivity contribution >= 4 is 65.0 Å². The Balaban J connectivity index is 1.01. The van der Waals surface area contributed by atoms with Gasteiger partial charge in [0.25, 0.3) is 0 Å². The number of aromatic nitrogens is 3. The van der Waals surface area contributed by atoms with Crippen LogP contribution in [0.3, 0.4) is 0 Å². The fourth-order valence-corrected chi connectivity index (χ4v) is 10.1. The molecular weight excluding hydrogens is 799 g/mol. The van der Waals surface area contributed by atoms with Crippen LogP contribution in [0.1, 0.15) is 0 Å². The van der Waals surface area contributed by atoms with Crippen molar-refractivity contribution in [3.8, 4) is 66.8 Å². The third-order valence-corrected chi connectivity index (χ3v) is 13.3. The average Bonchev–Trinajstić information content (AvgIpc) is 3.40. The molecule has 13 rings (SSSR count). The van der Waals surface area contributed by atoms with Crippen LogP contribution in [0, 0.1) is 0 Å². The van der Waals surface area contributed by atoms with Crippen LogP contribution in [-0.4, -0.2) is 15.0 Å². The van der Waals surface area contributed by atoms with Gasteiger partial charge in [0.2, 0.25) is 0 Å². The van der Waals surface area contributed by atoms with E-state index in [0.29, 0.717) is 0 Å². The second-order valence-corrected chi connectivity index (χ2v) is 17.2. The Bertz CT molecular complexity index is 3640. The summed E-state index contributed by atoms with van der Waals surface area (Å²) >= 11 is 0. The van der Waals surface area contributed by atoms with Gasteiger partial charge in [0.15, 0.2) is 0 Å². The van der Waals surface area contributed by atoms with Crippen molar-refractivity contribution in [3.63, 3.8) is 0 Å².